The molecule has 0 radical (unpaired) electrons. The van der Waals surface area contributed by atoms with Gasteiger partial charge in [-0.1, -0.05) is 6.07 Å². The lowest BCUT2D eigenvalue weighted by molar-refractivity contribution is 0.206. The summed E-state index contributed by atoms with van der Waals surface area (Å²) >= 11 is 0. The molecule has 1 aliphatic heterocycles. The molecule has 1 aromatic rings. The van der Waals surface area contributed by atoms with Gasteiger partial charge in [-0.3, -0.25) is 0 Å². The molecule has 1 saturated heterocycles. The van der Waals surface area contributed by atoms with E-state index in [0.29, 0.717) is 17.2 Å². The topological polar surface area (TPSA) is 68.2 Å². The fourth-order valence-corrected chi connectivity index (χ4v) is 2.42. The van der Waals surface area contributed by atoms with Crippen LogP contribution in [0.15, 0.2) is 24.3 Å². The van der Waals surface area contributed by atoms with Crippen LogP contribution in [0, 0.1) is 17.2 Å². The maximum absolute atomic E-state index is 12.1. The molecule has 0 spiro atoms. The second kappa shape index (κ2) is 6.92. The van der Waals surface area contributed by atoms with Crippen molar-refractivity contribution in [2.45, 2.75) is 12.8 Å². The Kier molecular flexibility index (Phi) is 4.97. The van der Waals surface area contributed by atoms with E-state index in [-0.39, 0.29) is 6.03 Å². The number of urea groups is 1. The molecule has 1 aromatic carbocycles. The molecule has 0 aromatic heterocycles. The minimum Gasteiger partial charge on any atom is -0.327 e. The molecule has 106 valence electrons. The van der Waals surface area contributed by atoms with Crippen molar-refractivity contribution < 1.29 is 4.79 Å². The number of carbonyl (C=O) groups is 1. The minimum absolute atomic E-state index is 0.126. The number of hydrogen-bond donors (Lipinski definition) is 2. The molecule has 0 aliphatic carbocycles. The molecule has 1 fully saturated rings. The highest BCUT2D eigenvalue weighted by Gasteiger charge is 2.18. The van der Waals surface area contributed by atoms with Gasteiger partial charge in [0.15, 0.2) is 0 Å². The van der Waals surface area contributed by atoms with Crippen molar-refractivity contribution >= 4 is 11.7 Å². The van der Waals surface area contributed by atoms with Gasteiger partial charge < -0.3 is 15.5 Å². The number of piperidine rings is 1. The zero-order valence-corrected chi connectivity index (χ0v) is 11.7. The molecule has 1 heterocycles. The van der Waals surface area contributed by atoms with Gasteiger partial charge >= 0.3 is 6.03 Å². The van der Waals surface area contributed by atoms with Crippen molar-refractivity contribution in [2.24, 2.45) is 5.92 Å². The molecular formula is C15H20N4O. The average Bonchev–Trinajstić information content (AvgIpc) is 2.48. The summed E-state index contributed by atoms with van der Waals surface area (Å²) in [5.41, 5.74) is 1.20. The Morgan fingerprint density at radius 3 is 2.95 bits per heavy atom. The third-order valence-electron chi connectivity index (χ3n) is 3.58. The van der Waals surface area contributed by atoms with Crippen molar-refractivity contribution in [1.29, 1.82) is 5.26 Å². The first-order valence-corrected chi connectivity index (χ1v) is 6.92. The summed E-state index contributed by atoms with van der Waals surface area (Å²) in [6.45, 7) is 2.83. The quantitative estimate of drug-likeness (QED) is 0.884. The molecule has 0 bridgehead atoms. The lowest BCUT2D eigenvalue weighted by Gasteiger charge is -2.27. The number of nitriles is 1. The molecule has 2 N–H and O–H groups in total. The Hall–Kier alpha value is -2.06. The summed E-state index contributed by atoms with van der Waals surface area (Å²) in [5.74, 6) is 0.567. The van der Waals surface area contributed by atoms with E-state index in [4.69, 9.17) is 5.26 Å². The zero-order valence-electron chi connectivity index (χ0n) is 11.7. The fourth-order valence-electron chi connectivity index (χ4n) is 2.42. The number of nitrogens with zero attached hydrogens (tertiary/aromatic N) is 2. The van der Waals surface area contributed by atoms with Crippen molar-refractivity contribution in [3.63, 3.8) is 0 Å². The van der Waals surface area contributed by atoms with E-state index in [1.165, 1.54) is 0 Å². The van der Waals surface area contributed by atoms with Crippen LogP contribution in [0.3, 0.4) is 0 Å². The average molecular weight is 272 g/mol. The molecule has 0 unspecified atom stereocenters. The van der Waals surface area contributed by atoms with Gasteiger partial charge in [0.05, 0.1) is 11.6 Å². The van der Waals surface area contributed by atoms with E-state index in [2.05, 4.69) is 16.7 Å². The van der Waals surface area contributed by atoms with Crippen LogP contribution in [-0.4, -0.2) is 37.6 Å². The van der Waals surface area contributed by atoms with Crippen molar-refractivity contribution in [2.75, 3.05) is 32.0 Å². The van der Waals surface area contributed by atoms with Crippen molar-refractivity contribution in [3.8, 4) is 6.07 Å². The SMILES string of the molecule is CN(CC1CCNCC1)C(=O)Nc1cccc(C#N)c1. The molecule has 20 heavy (non-hydrogen) atoms. The van der Waals surface area contributed by atoms with Crippen LogP contribution in [0.5, 0.6) is 0 Å². The van der Waals surface area contributed by atoms with E-state index in [9.17, 15) is 4.79 Å². The second-order valence-corrected chi connectivity index (χ2v) is 5.20. The second-order valence-electron chi connectivity index (χ2n) is 5.20. The molecule has 1 aliphatic rings. The molecule has 5 nitrogen and oxygen atoms in total. The number of rotatable bonds is 3. The first-order chi connectivity index (χ1) is 9.69. The molecule has 5 heteroatoms. The van der Waals surface area contributed by atoms with Gasteiger partial charge in [-0.2, -0.15) is 5.26 Å². The normalized spacial score (nSPS) is 15.4. The summed E-state index contributed by atoms with van der Waals surface area (Å²) in [6.07, 6.45) is 2.23. The van der Waals surface area contributed by atoms with Gasteiger partial charge in [0.1, 0.15) is 0 Å². The van der Waals surface area contributed by atoms with Crippen LogP contribution < -0.4 is 10.6 Å². The Labute approximate surface area is 119 Å². The third kappa shape index (κ3) is 3.97. The van der Waals surface area contributed by atoms with Crippen LogP contribution >= 0.6 is 0 Å². The first kappa shape index (κ1) is 14.4. The summed E-state index contributed by atoms with van der Waals surface area (Å²) in [7, 11) is 1.81. The number of nitrogens with one attached hydrogen (secondary N) is 2. The van der Waals surface area contributed by atoms with Gasteiger partial charge in [-0.25, -0.2) is 4.79 Å². The number of anilines is 1. The van der Waals surface area contributed by atoms with E-state index in [1.807, 2.05) is 7.05 Å². The molecule has 0 atom stereocenters. The van der Waals surface area contributed by atoms with Crippen molar-refractivity contribution in [3.05, 3.63) is 29.8 Å². The van der Waals surface area contributed by atoms with Crippen molar-refractivity contribution in [1.82, 2.24) is 10.2 Å². The van der Waals surface area contributed by atoms with Gasteiger partial charge in [-0.05, 0) is 50.0 Å². The predicted molar refractivity (Wildman–Crippen MR) is 78.4 cm³/mol. The largest absolute Gasteiger partial charge is 0.327 e. The van der Waals surface area contributed by atoms with Gasteiger partial charge in [-0.15, -0.1) is 0 Å². The number of carbonyl (C=O) groups excluding carboxylic acids is 1. The van der Waals surface area contributed by atoms with E-state index in [0.717, 1.165) is 32.5 Å². The molecule has 2 rings (SSSR count). The highest BCUT2D eigenvalue weighted by atomic mass is 16.2. The van der Waals surface area contributed by atoms with Crippen LogP contribution in [0.2, 0.25) is 0 Å². The van der Waals surface area contributed by atoms with E-state index >= 15 is 0 Å². The Morgan fingerprint density at radius 2 is 2.25 bits per heavy atom. The first-order valence-electron chi connectivity index (χ1n) is 6.92. The van der Waals surface area contributed by atoms with E-state index < -0.39 is 0 Å². The van der Waals surface area contributed by atoms with Crippen LogP contribution in [-0.2, 0) is 0 Å². The van der Waals surface area contributed by atoms with Gasteiger partial charge in [0, 0.05) is 19.3 Å². The lowest BCUT2D eigenvalue weighted by Crippen LogP contribution is -2.39. The predicted octanol–water partition coefficient (Wildman–Crippen LogP) is 2.02. The Bertz CT molecular complexity index is 503. The Morgan fingerprint density at radius 1 is 1.50 bits per heavy atom. The lowest BCUT2D eigenvalue weighted by atomic mass is 9.98. The van der Waals surface area contributed by atoms with Gasteiger partial charge in [0.2, 0.25) is 0 Å². The molecular weight excluding hydrogens is 252 g/mol. The standard InChI is InChI=1S/C15H20N4O/c1-19(11-12-5-7-17-8-6-12)15(20)18-14-4-2-3-13(9-14)10-16/h2-4,9,12,17H,5-8,11H2,1H3,(H,18,20). The summed E-state index contributed by atoms with van der Waals surface area (Å²) < 4.78 is 0. The molecule has 0 saturated carbocycles. The number of benzene rings is 1. The summed E-state index contributed by atoms with van der Waals surface area (Å²) in [5, 5.41) is 15.0. The maximum atomic E-state index is 12.1. The van der Waals surface area contributed by atoms with Crippen LogP contribution in [0.1, 0.15) is 18.4 Å². The summed E-state index contributed by atoms with van der Waals surface area (Å²) in [4.78, 5) is 13.8. The summed E-state index contributed by atoms with van der Waals surface area (Å²) in [6, 6.07) is 8.88. The number of hydrogen-bond acceptors (Lipinski definition) is 3. The highest BCUT2D eigenvalue weighted by molar-refractivity contribution is 5.89. The van der Waals surface area contributed by atoms with Gasteiger partial charge in [0.25, 0.3) is 0 Å². The number of amides is 2. The maximum Gasteiger partial charge on any atom is 0.321 e. The molecule has 2 amide bonds. The monoisotopic (exact) mass is 272 g/mol. The van der Waals surface area contributed by atoms with E-state index in [1.54, 1.807) is 29.2 Å². The smallest absolute Gasteiger partial charge is 0.321 e. The zero-order chi connectivity index (χ0) is 14.4. The van der Waals surface area contributed by atoms with Crippen LogP contribution in [0.25, 0.3) is 0 Å². The Balaban J connectivity index is 1.88. The fraction of sp³-hybridized carbons (Fsp3) is 0.467. The minimum atomic E-state index is -0.126. The van der Waals surface area contributed by atoms with Crippen LogP contribution in [0.4, 0.5) is 10.5 Å². The third-order valence-corrected chi connectivity index (χ3v) is 3.58. The highest BCUT2D eigenvalue weighted by Crippen LogP contribution is 2.14.